The largest absolute Gasteiger partial charge is 0.445 e. The Balaban J connectivity index is 2.28. The second kappa shape index (κ2) is 17.8. The highest BCUT2D eigenvalue weighted by atomic mass is 16.7. The SMILES string of the molecule is [2H]N(C(=O)OCc1ccccc1)[C@@H](Cc1ccccc1)C(=O)NC(OCC(C)C)C(=O)N[C@@H](CC(C)C)C(=O)N(C)OC. The third kappa shape index (κ3) is 12.3. The molecule has 0 fully saturated rings. The molecule has 11 heteroatoms. The normalized spacial score (nSPS) is 13.5. The van der Waals surface area contributed by atoms with Gasteiger partial charge in [-0.25, -0.2) is 9.86 Å². The first-order valence-corrected chi connectivity index (χ1v) is 14.0. The molecule has 1 unspecified atom stereocenters. The second-order valence-electron chi connectivity index (χ2n) is 10.7. The third-order valence-corrected chi connectivity index (χ3v) is 6.05. The molecule has 0 heterocycles. The van der Waals surface area contributed by atoms with E-state index in [0.29, 0.717) is 17.3 Å². The van der Waals surface area contributed by atoms with Gasteiger partial charge in [0.05, 0.1) is 13.7 Å². The minimum atomic E-state index is -1.50. The number of amides is 4. The van der Waals surface area contributed by atoms with Crippen molar-refractivity contribution in [1.29, 1.82) is 0 Å². The van der Waals surface area contributed by atoms with Crippen molar-refractivity contribution in [2.75, 3.05) is 20.8 Å². The van der Waals surface area contributed by atoms with Gasteiger partial charge in [0.25, 0.3) is 11.8 Å². The highest BCUT2D eigenvalue weighted by Gasteiger charge is 2.32. The summed E-state index contributed by atoms with van der Waals surface area (Å²) in [5.74, 6) is -1.96. The summed E-state index contributed by atoms with van der Waals surface area (Å²) in [4.78, 5) is 57.8. The summed E-state index contributed by atoms with van der Waals surface area (Å²) < 4.78 is 19.6. The van der Waals surface area contributed by atoms with Crippen molar-refractivity contribution in [3.05, 3.63) is 71.8 Å². The van der Waals surface area contributed by atoms with Gasteiger partial charge in [-0.05, 0) is 29.4 Å². The molecule has 2 rings (SSSR count). The molecule has 2 aromatic rings. The number of nitrogens with one attached hydrogen (secondary N) is 3. The number of likely N-dealkylation sites (N-methyl/N-ethyl adjacent to an activating group) is 1. The molecule has 0 aliphatic carbocycles. The molecule has 0 aliphatic heterocycles. The van der Waals surface area contributed by atoms with E-state index in [-0.39, 0.29) is 31.5 Å². The van der Waals surface area contributed by atoms with Crippen LogP contribution in [0, 0.1) is 11.8 Å². The van der Waals surface area contributed by atoms with E-state index in [4.69, 9.17) is 15.7 Å². The molecule has 230 valence electrons. The van der Waals surface area contributed by atoms with Crippen LogP contribution in [-0.4, -0.2) is 68.0 Å². The van der Waals surface area contributed by atoms with E-state index in [0.717, 1.165) is 10.6 Å². The maximum absolute atomic E-state index is 13.6. The molecule has 42 heavy (non-hydrogen) atoms. The lowest BCUT2D eigenvalue weighted by Crippen LogP contribution is -2.58. The Morgan fingerprint density at radius 3 is 1.98 bits per heavy atom. The highest BCUT2D eigenvalue weighted by molar-refractivity contribution is 5.93. The van der Waals surface area contributed by atoms with E-state index in [1.54, 1.807) is 54.6 Å². The number of nitrogens with zero attached hydrogens (tertiary/aromatic N) is 1. The zero-order valence-electron chi connectivity index (χ0n) is 26.2. The van der Waals surface area contributed by atoms with Gasteiger partial charge >= 0.3 is 6.09 Å². The maximum atomic E-state index is 13.6. The summed E-state index contributed by atoms with van der Waals surface area (Å²) in [7, 11) is 2.77. The Morgan fingerprint density at radius 2 is 1.43 bits per heavy atom. The van der Waals surface area contributed by atoms with Gasteiger partial charge in [0.1, 0.15) is 18.7 Å². The van der Waals surface area contributed by atoms with Gasteiger partial charge in [-0.2, -0.15) is 0 Å². The second-order valence-corrected chi connectivity index (χ2v) is 10.7. The zero-order chi connectivity index (χ0) is 31.9. The topological polar surface area (TPSA) is 135 Å². The van der Waals surface area contributed by atoms with Crippen molar-refractivity contribution in [1.82, 2.24) is 21.0 Å². The van der Waals surface area contributed by atoms with Crippen LogP contribution < -0.4 is 15.9 Å². The molecule has 4 amide bonds. The minimum Gasteiger partial charge on any atom is -0.445 e. The third-order valence-electron chi connectivity index (χ3n) is 6.05. The maximum Gasteiger partial charge on any atom is 0.408 e. The van der Waals surface area contributed by atoms with Crippen LogP contribution in [0.25, 0.3) is 0 Å². The Bertz CT molecular complexity index is 1170. The molecular weight excluding hydrogens is 540 g/mol. The van der Waals surface area contributed by atoms with Gasteiger partial charge in [0.15, 0.2) is 1.41 Å². The van der Waals surface area contributed by atoms with Gasteiger partial charge in [-0.3, -0.25) is 19.2 Å². The van der Waals surface area contributed by atoms with Crippen molar-refractivity contribution in [3.8, 4) is 0 Å². The molecule has 0 saturated heterocycles. The first-order valence-electron chi connectivity index (χ1n) is 14.4. The molecule has 0 aliphatic rings. The quantitative estimate of drug-likeness (QED) is 0.203. The van der Waals surface area contributed by atoms with Crippen LogP contribution >= 0.6 is 0 Å². The molecule has 3 N–H and O–H groups in total. The number of hydroxylamine groups is 2. The summed E-state index contributed by atoms with van der Waals surface area (Å²) in [6.07, 6.45) is -2.25. The van der Waals surface area contributed by atoms with Crippen molar-refractivity contribution >= 4 is 23.8 Å². The number of ether oxygens (including phenoxy) is 2. The Morgan fingerprint density at radius 1 is 0.833 bits per heavy atom. The lowest BCUT2D eigenvalue weighted by Gasteiger charge is -2.27. The number of hydrogen-bond acceptors (Lipinski definition) is 7. The number of rotatable bonds is 16. The minimum absolute atomic E-state index is 0.0145. The summed E-state index contributed by atoms with van der Waals surface area (Å²) in [5.41, 5.74) is 1.40. The monoisotopic (exact) mass is 585 g/mol. The average molecular weight is 586 g/mol. The molecule has 11 nitrogen and oxygen atoms in total. The van der Waals surface area contributed by atoms with Gasteiger partial charge in [0.2, 0.25) is 12.1 Å². The molecule has 0 aromatic heterocycles. The fourth-order valence-corrected chi connectivity index (χ4v) is 3.86. The number of carbonyl (C=O) groups is 4. The summed E-state index contributed by atoms with van der Waals surface area (Å²) in [5, 5.41) is 6.69. The van der Waals surface area contributed by atoms with Gasteiger partial charge in [0, 0.05) is 13.5 Å². The van der Waals surface area contributed by atoms with E-state index in [2.05, 4.69) is 10.6 Å². The molecule has 0 bridgehead atoms. The molecule has 0 saturated carbocycles. The van der Waals surface area contributed by atoms with Crippen LogP contribution in [-0.2, 0) is 41.7 Å². The van der Waals surface area contributed by atoms with Crippen LogP contribution in [0.4, 0.5) is 4.79 Å². The van der Waals surface area contributed by atoms with Crippen LogP contribution in [0.5, 0.6) is 0 Å². The van der Waals surface area contributed by atoms with Crippen LogP contribution in [0.2, 0.25) is 1.41 Å². The number of carbonyl (C=O) groups excluding carboxylic acids is 4. The lowest BCUT2D eigenvalue weighted by atomic mass is 10.0. The van der Waals surface area contributed by atoms with E-state index < -0.39 is 42.1 Å². The summed E-state index contributed by atoms with van der Waals surface area (Å²) >= 11 is 0. The van der Waals surface area contributed by atoms with E-state index in [1.165, 1.54) is 14.2 Å². The molecule has 0 spiro atoms. The standard InChI is InChI=1S/C31H44N4O7/c1-21(2)17-26(30(38)35(5)40-6)32-28(37)29(41-19-22(3)4)34-27(36)25(18-23-13-9-7-10-14-23)33-31(39)42-20-24-15-11-8-12-16-24/h7-16,21-22,25-26,29H,17-20H2,1-6H3,(H,32,37)(H,33,39)(H,34,36)/t25-,26-,29?/m0/s1/i/hD. The number of alkyl carbamates (subject to hydrolysis) is 1. The van der Waals surface area contributed by atoms with E-state index in [9.17, 15) is 19.2 Å². The predicted molar refractivity (Wildman–Crippen MR) is 158 cm³/mol. The fourth-order valence-electron chi connectivity index (χ4n) is 3.86. The molecule has 0 radical (unpaired) electrons. The van der Waals surface area contributed by atoms with Crippen molar-refractivity contribution < 1.29 is 34.9 Å². The van der Waals surface area contributed by atoms with Gasteiger partial charge in [-0.15, -0.1) is 0 Å². The fraction of sp³-hybridized carbons (Fsp3) is 0.484. The van der Waals surface area contributed by atoms with Crippen molar-refractivity contribution in [2.45, 2.75) is 65.5 Å². The summed E-state index contributed by atoms with van der Waals surface area (Å²) in [6, 6.07) is 15.5. The van der Waals surface area contributed by atoms with Crippen molar-refractivity contribution in [3.63, 3.8) is 0 Å². The first-order chi connectivity index (χ1) is 20.4. The van der Waals surface area contributed by atoms with E-state index in [1.807, 2.05) is 33.8 Å². The zero-order valence-corrected chi connectivity index (χ0v) is 25.2. The van der Waals surface area contributed by atoms with Crippen LogP contribution in [0.3, 0.4) is 0 Å². The predicted octanol–water partition coefficient (Wildman–Crippen LogP) is 3.19. The molecular formula is C31H44N4O7. The smallest absolute Gasteiger partial charge is 0.408 e. The average Bonchev–Trinajstić information content (AvgIpc) is 2.99. The number of hydrogen-bond donors (Lipinski definition) is 3. The van der Waals surface area contributed by atoms with E-state index >= 15 is 0 Å². The first kappa shape index (κ1) is 32.6. The van der Waals surface area contributed by atoms with Gasteiger partial charge < -0.3 is 25.4 Å². The number of benzene rings is 2. The Hall–Kier alpha value is -3.96. The van der Waals surface area contributed by atoms with Crippen LogP contribution in [0.1, 0.15) is 45.2 Å². The molecule has 3 atom stereocenters. The van der Waals surface area contributed by atoms with Crippen molar-refractivity contribution in [2.24, 2.45) is 11.8 Å². The highest BCUT2D eigenvalue weighted by Crippen LogP contribution is 2.10. The summed E-state index contributed by atoms with van der Waals surface area (Å²) in [6.45, 7) is 7.60. The Kier molecular flexibility index (Phi) is 13.8. The lowest BCUT2D eigenvalue weighted by molar-refractivity contribution is -0.172. The van der Waals surface area contributed by atoms with Crippen LogP contribution in [0.15, 0.2) is 60.7 Å². The van der Waals surface area contributed by atoms with Gasteiger partial charge in [-0.1, -0.05) is 88.4 Å². The molecule has 2 aromatic carbocycles. The Labute approximate surface area is 249 Å².